The summed E-state index contributed by atoms with van der Waals surface area (Å²) in [5.41, 5.74) is 5.89. The van der Waals surface area contributed by atoms with E-state index in [0.717, 1.165) is 19.1 Å². The van der Waals surface area contributed by atoms with Crippen molar-refractivity contribution >= 4 is 0 Å². The van der Waals surface area contributed by atoms with Gasteiger partial charge in [0.15, 0.2) is 0 Å². The molecule has 2 atom stereocenters. The Morgan fingerprint density at radius 2 is 1.47 bits per heavy atom. The third-order valence-electron chi connectivity index (χ3n) is 4.66. The van der Waals surface area contributed by atoms with Crippen molar-refractivity contribution in [3.8, 4) is 0 Å². The van der Waals surface area contributed by atoms with Gasteiger partial charge in [0.2, 0.25) is 0 Å². The van der Waals surface area contributed by atoms with Crippen LogP contribution in [0, 0.1) is 11.8 Å². The molecule has 2 unspecified atom stereocenters. The first-order valence-electron chi connectivity index (χ1n) is 7.72. The fourth-order valence-corrected chi connectivity index (χ4v) is 3.45. The average molecular weight is 239 g/mol. The van der Waals surface area contributed by atoms with E-state index >= 15 is 0 Å². The Balaban J connectivity index is 1.74. The van der Waals surface area contributed by atoms with Gasteiger partial charge in [-0.05, 0) is 44.1 Å². The summed E-state index contributed by atoms with van der Waals surface area (Å²) in [7, 11) is 0. The van der Waals surface area contributed by atoms with E-state index < -0.39 is 0 Å². The highest BCUT2D eigenvalue weighted by Crippen LogP contribution is 2.28. The van der Waals surface area contributed by atoms with E-state index in [9.17, 15) is 0 Å². The first kappa shape index (κ1) is 13.4. The molecule has 0 aromatic rings. The molecule has 2 fully saturated rings. The number of hydrogen-bond acceptors (Lipinski definition) is 2. The van der Waals surface area contributed by atoms with E-state index in [0.29, 0.717) is 12.0 Å². The van der Waals surface area contributed by atoms with Gasteiger partial charge in [-0.15, -0.1) is 0 Å². The predicted molar refractivity (Wildman–Crippen MR) is 71.9 cm³/mol. The quantitative estimate of drug-likeness (QED) is 0.762. The minimum Gasteiger partial charge on any atom is -0.378 e. The van der Waals surface area contributed by atoms with Gasteiger partial charge in [-0.25, -0.2) is 0 Å². The molecule has 2 nitrogen and oxygen atoms in total. The van der Waals surface area contributed by atoms with E-state index in [1.165, 1.54) is 64.2 Å². The van der Waals surface area contributed by atoms with Gasteiger partial charge < -0.3 is 10.5 Å². The van der Waals surface area contributed by atoms with Crippen LogP contribution in [0.15, 0.2) is 0 Å². The fraction of sp³-hybridized carbons (Fsp3) is 1.00. The highest BCUT2D eigenvalue weighted by Gasteiger charge is 2.24. The van der Waals surface area contributed by atoms with Crippen molar-refractivity contribution in [2.24, 2.45) is 17.6 Å². The van der Waals surface area contributed by atoms with Crippen LogP contribution in [0.3, 0.4) is 0 Å². The number of rotatable bonds is 4. The SMILES string of the molecule is NCC1CCCCCC1OCC1CCCCC1. The molecule has 0 amide bonds. The number of hydrogen-bond donors (Lipinski definition) is 1. The van der Waals surface area contributed by atoms with Gasteiger partial charge >= 0.3 is 0 Å². The van der Waals surface area contributed by atoms with Gasteiger partial charge in [-0.3, -0.25) is 0 Å². The van der Waals surface area contributed by atoms with Crippen LogP contribution in [0.25, 0.3) is 0 Å². The van der Waals surface area contributed by atoms with Gasteiger partial charge in [0.05, 0.1) is 6.10 Å². The van der Waals surface area contributed by atoms with Crippen molar-refractivity contribution in [2.75, 3.05) is 13.2 Å². The molecule has 2 aliphatic carbocycles. The molecule has 0 aromatic carbocycles. The Morgan fingerprint density at radius 1 is 0.824 bits per heavy atom. The van der Waals surface area contributed by atoms with Gasteiger partial charge in [-0.2, -0.15) is 0 Å². The van der Waals surface area contributed by atoms with E-state index in [1.54, 1.807) is 0 Å². The van der Waals surface area contributed by atoms with Crippen molar-refractivity contribution in [1.82, 2.24) is 0 Å². The lowest BCUT2D eigenvalue weighted by molar-refractivity contribution is -0.0141. The minimum atomic E-state index is 0.462. The van der Waals surface area contributed by atoms with Gasteiger partial charge in [-0.1, -0.05) is 38.5 Å². The maximum Gasteiger partial charge on any atom is 0.0615 e. The third-order valence-corrected chi connectivity index (χ3v) is 4.66. The van der Waals surface area contributed by atoms with Gasteiger partial charge in [0.25, 0.3) is 0 Å². The van der Waals surface area contributed by atoms with Crippen LogP contribution < -0.4 is 5.73 Å². The molecule has 100 valence electrons. The van der Waals surface area contributed by atoms with E-state index in [2.05, 4.69) is 0 Å². The maximum absolute atomic E-state index is 6.23. The van der Waals surface area contributed by atoms with Crippen molar-refractivity contribution < 1.29 is 4.74 Å². The molecule has 0 heterocycles. The van der Waals surface area contributed by atoms with Crippen LogP contribution >= 0.6 is 0 Å². The molecular formula is C15H29NO. The Bertz CT molecular complexity index is 201. The van der Waals surface area contributed by atoms with E-state index in [1.807, 2.05) is 0 Å². The fourth-order valence-electron chi connectivity index (χ4n) is 3.45. The molecule has 0 saturated heterocycles. The summed E-state index contributed by atoms with van der Waals surface area (Å²) >= 11 is 0. The van der Waals surface area contributed by atoms with Crippen LogP contribution in [0.2, 0.25) is 0 Å². The van der Waals surface area contributed by atoms with Crippen molar-refractivity contribution in [3.63, 3.8) is 0 Å². The second kappa shape index (κ2) is 7.38. The Labute approximate surface area is 106 Å². The molecule has 2 saturated carbocycles. The summed E-state index contributed by atoms with van der Waals surface area (Å²) in [6.07, 6.45) is 14.1. The lowest BCUT2D eigenvalue weighted by Gasteiger charge is -2.28. The predicted octanol–water partition coefficient (Wildman–Crippen LogP) is 3.49. The highest BCUT2D eigenvalue weighted by atomic mass is 16.5. The highest BCUT2D eigenvalue weighted by molar-refractivity contribution is 4.76. The molecular weight excluding hydrogens is 210 g/mol. The summed E-state index contributed by atoms with van der Waals surface area (Å²) in [5, 5.41) is 0. The molecule has 0 radical (unpaired) electrons. The summed E-state index contributed by atoms with van der Waals surface area (Å²) in [6, 6.07) is 0. The summed E-state index contributed by atoms with van der Waals surface area (Å²) in [5.74, 6) is 1.46. The maximum atomic E-state index is 6.23. The number of nitrogens with two attached hydrogens (primary N) is 1. The average Bonchev–Trinajstić information content (AvgIpc) is 2.62. The van der Waals surface area contributed by atoms with Gasteiger partial charge in [0.1, 0.15) is 0 Å². The van der Waals surface area contributed by atoms with E-state index in [4.69, 9.17) is 10.5 Å². The molecule has 2 N–H and O–H groups in total. The summed E-state index contributed by atoms with van der Waals surface area (Å²) in [4.78, 5) is 0. The summed E-state index contributed by atoms with van der Waals surface area (Å²) < 4.78 is 6.23. The third kappa shape index (κ3) is 4.26. The number of ether oxygens (including phenoxy) is 1. The van der Waals surface area contributed by atoms with Crippen molar-refractivity contribution in [2.45, 2.75) is 70.3 Å². The lowest BCUT2D eigenvalue weighted by atomic mass is 9.90. The van der Waals surface area contributed by atoms with Gasteiger partial charge in [0, 0.05) is 6.61 Å². The smallest absolute Gasteiger partial charge is 0.0615 e. The Morgan fingerprint density at radius 3 is 2.18 bits per heavy atom. The van der Waals surface area contributed by atoms with E-state index in [-0.39, 0.29) is 0 Å². The largest absolute Gasteiger partial charge is 0.378 e. The molecule has 17 heavy (non-hydrogen) atoms. The second-order valence-corrected chi connectivity index (χ2v) is 6.01. The van der Waals surface area contributed by atoms with Crippen molar-refractivity contribution in [1.29, 1.82) is 0 Å². The monoisotopic (exact) mass is 239 g/mol. The molecule has 0 spiro atoms. The van der Waals surface area contributed by atoms with Crippen molar-refractivity contribution in [3.05, 3.63) is 0 Å². The van der Waals surface area contributed by atoms with Crippen LogP contribution in [0.1, 0.15) is 64.2 Å². The summed E-state index contributed by atoms with van der Waals surface area (Å²) in [6.45, 7) is 1.82. The second-order valence-electron chi connectivity index (χ2n) is 6.01. The van der Waals surface area contributed by atoms with Crippen LogP contribution in [-0.2, 0) is 4.74 Å². The molecule has 0 aliphatic heterocycles. The molecule has 2 heteroatoms. The zero-order valence-corrected chi connectivity index (χ0v) is 11.2. The minimum absolute atomic E-state index is 0.462. The van der Waals surface area contributed by atoms with Crippen LogP contribution in [0.5, 0.6) is 0 Å². The van der Waals surface area contributed by atoms with Crippen LogP contribution in [-0.4, -0.2) is 19.3 Å². The standard InChI is InChI=1S/C15H29NO/c16-11-14-9-5-2-6-10-15(14)17-12-13-7-3-1-4-8-13/h13-15H,1-12,16H2. The first-order valence-corrected chi connectivity index (χ1v) is 7.72. The Hall–Kier alpha value is -0.0800. The molecule has 0 bridgehead atoms. The Kier molecular flexibility index (Phi) is 5.79. The lowest BCUT2D eigenvalue weighted by Crippen LogP contribution is -2.31. The topological polar surface area (TPSA) is 35.2 Å². The molecule has 0 aromatic heterocycles. The zero-order chi connectivity index (χ0) is 11.9. The first-order chi connectivity index (χ1) is 8.40. The zero-order valence-electron chi connectivity index (χ0n) is 11.2. The molecule has 2 aliphatic rings. The normalized spacial score (nSPS) is 32.3. The van der Waals surface area contributed by atoms with Crippen LogP contribution in [0.4, 0.5) is 0 Å². The molecule has 2 rings (SSSR count).